The molecule has 31 heavy (non-hydrogen) atoms. The van der Waals surface area contributed by atoms with E-state index in [1.807, 2.05) is 6.07 Å². The average Bonchev–Trinajstić information content (AvgIpc) is 3.05. The number of nitrogens with zero attached hydrogens (tertiary/aromatic N) is 5. The molecule has 2 aromatic carbocycles. The summed E-state index contributed by atoms with van der Waals surface area (Å²) in [7, 11) is 0. The number of rotatable bonds is 3. The minimum atomic E-state index is -4.49. The molecule has 3 N–H and O–H groups in total. The highest BCUT2D eigenvalue weighted by Crippen LogP contribution is 2.31. The topological polar surface area (TPSA) is 105 Å². The van der Waals surface area contributed by atoms with Gasteiger partial charge in [-0.25, -0.2) is 4.98 Å². The Morgan fingerprint density at radius 1 is 1.06 bits per heavy atom. The van der Waals surface area contributed by atoms with Crippen molar-refractivity contribution in [3.8, 4) is 12.0 Å². The first-order chi connectivity index (χ1) is 14.7. The lowest BCUT2D eigenvalue weighted by atomic mass is 10.2. The lowest BCUT2D eigenvalue weighted by molar-refractivity contribution is -0.137. The Hall–Kier alpha value is -4.20. The first-order valence-electron chi connectivity index (χ1n) is 8.84. The van der Waals surface area contributed by atoms with Crippen molar-refractivity contribution in [2.45, 2.75) is 13.1 Å². The van der Waals surface area contributed by atoms with Crippen LogP contribution in [0.4, 0.5) is 34.9 Å². The van der Waals surface area contributed by atoms with E-state index in [2.05, 4.69) is 20.3 Å². The SMILES string of the molecule is Cc1nc2ccc(C#N)cc2n1-c1nc(N)c(F)c(Nc2ccc(C(F)(F)F)cc2)n1. The zero-order valence-corrected chi connectivity index (χ0v) is 15.9. The lowest BCUT2D eigenvalue weighted by Crippen LogP contribution is -2.11. The fraction of sp³-hybridized carbons (Fsp3) is 0.100. The zero-order valence-electron chi connectivity index (χ0n) is 15.9. The van der Waals surface area contributed by atoms with Crippen LogP contribution in [-0.4, -0.2) is 19.5 Å². The maximum Gasteiger partial charge on any atom is 0.416 e. The molecule has 2 aromatic heterocycles. The second kappa shape index (κ2) is 7.24. The number of nitriles is 1. The number of nitrogens with two attached hydrogens (primary N) is 1. The van der Waals surface area contributed by atoms with Crippen LogP contribution in [0.15, 0.2) is 42.5 Å². The molecule has 2 heterocycles. The standard InChI is InChI=1S/C20H13F4N7/c1-10-27-14-7-2-11(9-25)8-15(14)31(10)19-29-17(26)16(21)18(30-19)28-13-5-3-12(4-6-13)20(22,23)24/h2-8H,1H3,(H3,26,28,29,30). The second-order valence-corrected chi connectivity index (χ2v) is 6.58. The van der Waals surface area contributed by atoms with Gasteiger partial charge in [0.15, 0.2) is 11.6 Å². The van der Waals surface area contributed by atoms with Crippen molar-refractivity contribution in [1.29, 1.82) is 5.26 Å². The number of fused-ring (bicyclic) bond motifs is 1. The predicted molar refractivity (Wildman–Crippen MR) is 105 cm³/mol. The van der Waals surface area contributed by atoms with E-state index in [9.17, 15) is 17.6 Å². The predicted octanol–water partition coefficient (Wildman–Crippen LogP) is 4.48. The van der Waals surface area contributed by atoms with Gasteiger partial charge in [-0.15, -0.1) is 0 Å². The average molecular weight is 427 g/mol. The van der Waals surface area contributed by atoms with Gasteiger partial charge < -0.3 is 11.1 Å². The number of imidazole rings is 1. The fourth-order valence-corrected chi connectivity index (χ4v) is 3.03. The molecule has 4 rings (SSSR count). The molecule has 7 nitrogen and oxygen atoms in total. The number of halogens is 4. The summed E-state index contributed by atoms with van der Waals surface area (Å²) in [6.45, 7) is 1.68. The Labute approximate surface area is 172 Å². The molecular weight excluding hydrogens is 414 g/mol. The Morgan fingerprint density at radius 2 is 1.77 bits per heavy atom. The van der Waals surface area contributed by atoms with Gasteiger partial charge in [-0.05, 0) is 49.4 Å². The van der Waals surface area contributed by atoms with Crippen molar-refractivity contribution in [3.63, 3.8) is 0 Å². The first kappa shape index (κ1) is 20.1. The number of hydrogen-bond acceptors (Lipinski definition) is 6. The normalized spacial score (nSPS) is 11.5. The summed E-state index contributed by atoms with van der Waals surface area (Å²) in [5, 5.41) is 11.8. The number of nitrogen functional groups attached to an aromatic ring is 1. The van der Waals surface area contributed by atoms with Gasteiger partial charge in [0.1, 0.15) is 5.82 Å². The van der Waals surface area contributed by atoms with Crippen molar-refractivity contribution in [2.24, 2.45) is 0 Å². The molecule has 156 valence electrons. The number of benzene rings is 2. The van der Waals surface area contributed by atoms with Crippen molar-refractivity contribution in [3.05, 3.63) is 65.2 Å². The van der Waals surface area contributed by atoms with Crippen LogP contribution in [0.5, 0.6) is 0 Å². The first-order valence-corrected chi connectivity index (χ1v) is 8.84. The fourth-order valence-electron chi connectivity index (χ4n) is 3.03. The summed E-state index contributed by atoms with van der Waals surface area (Å²) in [6.07, 6.45) is -4.49. The number of hydrogen-bond donors (Lipinski definition) is 2. The van der Waals surface area contributed by atoms with Crippen LogP contribution in [0.1, 0.15) is 17.0 Å². The number of nitrogens with one attached hydrogen (secondary N) is 1. The summed E-state index contributed by atoms with van der Waals surface area (Å²) >= 11 is 0. The molecule has 0 atom stereocenters. The van der Waals surface area contributed by atoms with E-state index in [1.165, 1.54) is 4.57 Å². The molecule has 0 amide bonds. The maximum absolute atomic E-state index is 14.6. The smallest absolute Gasteiger partial charge is 0.381 e. The van der Waals surface area contributed by atoms with E-state index in [0.717, 1.165) is 24.3 Å². The zero-order chi connectivity index (χ0) is 22.3. The molecule has 0 unspecified atom stereocenters. The molecule has 4 aromatic rings. The Kier molecular flexibility index (Phi) is 4.69. The van der Waals surface area contributed by atoms with Crippen LogP contribution in [-0.2, 0) is 6.18 Å². The third-order valence-electron chi connectivity index (χ3n) is 4.49. The van der Waals surface area contributed by atoms with Gasteiger partial charge in [0.05, 0.1) is 28.2 Å². The summed E-state index contributed by atoms with van der Waals surface area (Å²) in [5.74, 6) is -1.28. The van der Waals surface area contributed by atoms with E-state index in [1.54, 1.807) is 25.1 Å². The van der Waals surface area contributed by atoms with Crippen LogP contribution in [0, 0.1) is 24.1 Å². The van der Waals surface area contributed by atoms with Crippen molar-refractivity contribution < 1.29 is 17.6 Å². The van der Waals surface area contributed by atoms with Gasteiger partial charge in [-0.1, -0.05) is 0 Å². The van der Waals surface area contributed by atoms with Gasteiger partial charge >= 0.3 is 6.18 Å². The molecule has 0 saturated carbocycles. The van der Waals surface area contributed by atoms with Crippen LogP contribution in [0.25, 0.3) is 17.0 Å². The van der Waals surface area contributed by atoms with Gasteiger partial charge in [-0.2, -0.15) is 32.8 Å². The largest absolute Gasteiger partial charge is 0.416 e. The highest BCUT2D eigenvalue weighted by atomic mass is 19.4. The second-order valence-electron chi connectivity index (χ2n) is 6.58. The summed E-state index contributed by atoms with van der Waals surface area (Å²) < 4.78 is 54.3. The van der Waals surface area contributed by atoms with Gasteiger partial charge in [0.25, 0.3) is 0 Å². The lowest BCUT2D eigenvalue weighted by Gasteiger charge is -2.12. The maximum atomic E-state index is 14.6. The summed E-state index contributed by atoms with van der Waals surface area (Å²) in [4.78, 5) is 12.5. The molecule has 0 radical (unpaired) electrons. The molecule has 0 spiro atoms. The van der Waals surface area contributed by atoms with E-state index >= 15 is 0 Å². The minimum Gasteiger partial charge on any atom is -0.381 e. The molecule has 0 aliphatic carbocycles. The van der Waals surface area contributed by atoms with Gasteiger partial charge in [-0.3, -0.25) is 4.57 Å². The number of aryl methyl sites for hydroxylation is 1. The third-order valence-corrected chi connectivity index (χ3v) is 4.49. The van der Waals surface area contributed by atoms with Crippen LogP contribution in [0.2, 0.25) is 0 Å². The molecule has 0 aliphatic heterocycles. The van der Waals surface area contributed by atoms with Crippen LogP contribution in [0.3, 0.4) is 0 Å². The number of aromatic nitrogens is 4. The molecule has 0 fully saturated rings. The van der Waals surface area contributed by atoms with Gasteiger partial charge in [0.2, 0.25) is 11.8 Å². The molecule has 0 aliphatic rings. The van der Waals surface area contributed by atoms with Crippen molar-refractivity contribution >= 4 is 28.4 Å². The van der Waals surface area contributed by atoms with E-state index < -0.39 is 23.4 Å². The monoisotopic (exact) mass is 427 g/mol. The number of anilines is 3. The van der Waals surface area contributed by atoms with E-state index in [0.29, 0.717) is 22.4 Å². The quantitative estimate of drug-likeness (QED) is 0.467. The van der Waals surface area contributed by atoms with Crippen LogP contribution < -0.4 is 11.1 Å². The molecular formula is C20H13F4N7. The van der Waals surface area contributed by atoms with Gasteiger partial charge in [0, 0.05) is 5.69 Å². The molecule has 0 bridgehead atoms. The summed E-state index contributed by atoms with van der Waals surface area (Å²) in [6, 6.07) is 10.9. The summed E-state index contributed by atoms with van der Waals surface area (Å²) in [5.41, 5.74) is 6.52. The Balaban J connectivity index is 1.78. The number of alkyl halides is 3. The highest BCUT2D eigenvalue weighted by molar-refractivity contribution is 5.79. The van der Waals surface area contributed by atoms with E-state index in [4.69, 9.17) is 11.0 Å². The Bertz CT molecular complexity index is 1340. The van der Waals surface area contributed by atoms with Crippen molar-refractivity contribution in [2.75, 3.05) is 11.1 Å². The highest BCUT2D eigenvalue weighted by Gasteiger charge is 2.30. The molecule has 0 saturated heterocycles. The third kappa shape index (κ3) is 3.71. The van der Waals surface area contributed by atoms with Crippen molar-refractivity contribution in [1.82, 2.24) is 19.5 Å². The van der Waals surface area contributed by atoms with E-state index in [-0.39, 0.29) is 17.5 Å². The molecule has 11 heteroatoms. The van der Waals surface area contributed by atoms with Crippen LogP contribution >= 0.6 is 0 Å². The minimum absolute atomic E-state index is 0.0107. The Morgan fingerprint density at radius 3 is 2.42 bits per heavy atom.